The van der Waals surface area contributed by atoms with Gasteiger partial charge in [-0.25, -0.2) is 0 Å². The summed E-state index contributed by atoms with van der Waals surface area (Å²) in [6.45, 7) is 15.6. The lowest BCUT2D eigenvalue weighted by molar-refractivity contribution is -0.179. The van der Waals surface area contributed by atoms with Gasteiger partial charge in [0.05, 0.1) is 5.92 Å². The molecule has 4 aliphatic carbocycles. The van der Waals surface area contributed by atoms with Crippen molar-refractivity contribution in [3.8, 4) is 0 Å². The van der Waals surface area contributed by atoms with Crippen LogP contribution in [-0.4, -0.2) is 11.6 Å². The standard InChI is InChI=1S/C24H40O2/c1-22(2,3)13-18(23(4,5)6)21(25)26-24(7)12-16-11-17(24)20-15-9-8-14(10-15)19(16)20/h14-20H,8-13H2,1-7H3. The van der Waals surface area contributed by atoms with E-state index in [1.807, 2.05) is 0 Å². The summed E-state index contributed by atoms with van der Waals surface area (Å²) in [4.78, 5) is 13.3. The lowest BCUT2D eigenvalue weighted by atomic mass is 9.66. The van der Waals surface area contributed by atoms with Crippen LogP contribution in [0.5, 0.6) is 0 Å². The van der Waals surface area contributed by atoms with E-state index in [1.54, 1.807) is 0 Å². The molecule has 4 saturated carbocycles. The smallest absolute Gasteiger partial charge is 0.310 e. The minimum atomic E-state index is -0.200. The van der Waals surface area contributed by atoms with Gasteiger partial charge in [0.25, 0.3) is 0 Å². The number of carbonyl (C=O) groups is 1. The first-order valence-corrected chi connectivity index (χ1v) is 11.1. The van der Waals surface area contributed by atoms with Gasteiger partial charge >= 0.3 is 5.97 Å². The van der Waals surface area contributed by atoms with Crippen LogP contribution in [0.25, 0.3) is 0 Å². The van der Waals surface area contributed by atoms with Crippen LogP contribution in [0.15, 0.2) is 0 Å². The number of hydrogen-bond donors (Lipinski definition) is 0. The molecule has 0 spiro atoms. The van der Waals surface area contributed by atoms with Gasteiger partial charge in [0, 0.05) is 5.92 Å². The molecule has 0 aromatic carbocycles. The number of rotatable bonds is 3. The quantitative estimate of drug-likeness (QED) is 0.450. The Balaban J connectivity index is 1.51. The molecule has 8 unspecified atom stereocenters. The molecule has 0 N–H and O–H groups in total. The van der Waals surface area contributed by atoms with E-state index < -0.39 is 0 Å². The molecule has 26 heavy (non-hydrogen) atoms. The Morgan fingerprint density at radius 3 is 2.19 bits per heavy atom. The molecule has 4 bridgehead atoms. The third-order valence-electron chi connectivity index (χ3n) is 8.54. The van der Waals surface area contributed by atoms with E-state index in [-0.39, 0.29) is 28.3 Å². The fourth-order valence-electron chi connectivity index (χ4n) is 7.64. The minimum absolute atomic E-state index is 0.0192. The number of fused-ring (bicyclic) bond motifs is 9. The van der Waals surface area contributed by atoms with Crippen molar-refractivity contribution in [1.82, 2.24) is 0 Å². The minimum Gasteiger partial charge on any atom is -0.459 e. The number of carbonyl (C=O) groups excluding carboxylic acids is 1. The van der Waals surface area contributed by atoms with Crippen LogP contribution in [0.1, 0.15) is 87.0 Å². The van der Waals surface area contributed by atoms with Gasteiger partial charge in [-0.15, -0.1) is 0 Å². The monoisotopic (exact) mass is 360 g/mol. The molecule has 2 heteroatoms. The van der Waals surface area contributed by atoms with Crippen molar-refractivity contribution in [3.63, 3.8) is 0 Å². The van der Waals surface area contributed by atoms with E-state index in [9.17, 15) is 4.79 Å². The maximum atomic E-state index is 13.3. The van der Waals surface area contributed by atoms with E-state index in [1.165, 1.54) is 25.7 Å². The average molecular weight is 361 g/mol. The number of hydrogen-bond acceptors (Lipinski definition) is 2. The van der Waals surface area contributed by atoms with Crippen LogP contribution in [0, 0.1) is 52.3 Å². The largest absolute Gasteiger partial charge is 0.459 e. The Hall–Kier alpha value is -0.530. The van der Waals surface area contributed by atoms with Crippen molar-refractivity contribution >= 4 is 5.97 Å². The van der Waals surface area contributed by atoms with E-state index in [4.69, 9.17) is 4.74 Å². The summed E-state index contributed by atoms with van der Waals surface area (Å²) in [5, 5.41) is 0. The zero-order valence-electron chi connectivity index (χ0n) is 18.1. The first-order valence-electron chi connectivity index (χ1n) is 11.1. The zero-order valence-corrected chi connectivity index (χ0v) is 18.1. The van der Waals surface area contributed by atoms with E-state index in [0.29, 0.717) is 5.92 Å². The van der Waals surface area contributed by atoms with Crippen molar-refractivity contribution in [3.05, 3.63) is 0 Å². The molecule has 0 aliphatic heterocycles. The predicted molar refractivity (Wildman–Crippen MR) is 106 cm³/mol. The second-order valence-corrected chi connectivity index (χ2v) is 12.7. The molecule has 0 amide bonds. The Morgan fingerprint density at radius 2 is 1.62 bits per heavy atom. The molecule has 148 valence electrons. The molecule has 0 aromatic rings. The van der Waals surface area contributed by atoms with Crippen molar-refractivity contribution in [2.75, 3.05) is 0 Å². The van der Waals surface area contributed by atoms with Gasteiger partial charge in [0.1, 0.15) is 5.60 Å². The molecular weight excluding hydrogens is 320 g/mol. The van der Waals surface area contributed by atoms with Crippen LogP contribution in [0.3, 0.4) is 0 Å². The van der Waals surface area contributed by atoms with Gasteiger partial charge in [-0.05, 0) is 85.9 Å². The molecule has 0 heterocycles. The fourth-order valence-corrected chi connectivity index (χ4v) is 7.64. The topological polar surface area (TPSA) is 26.3 Å². The maximum absolute atomic E-state index is 13.3. The average Bonchev–Trinajstić information content (AvgIpc) is 3.19. The Kier molecular flexibility index (Phi) is 4.15. The summed E-state index contributed by atoms with van der Waals surface area (Å²) in [6.07, 6.45) is 7.74. The van der Waals surface area contributed by atoms with Crippen LogP contribution in [-0.2, 0) is 9.53 Å². The third kappa shape index (κ3) is 2.94. The van der Waals surface area contributed by atoms with Crippen LogP contribution >= 0.6 is 0 Å². The molecule has 0 aromatic heterocycles. The lowest BCUT2D eigenvalue weighted by Gasteiger charge is -2.45. The third-order valence-corrected chi connectivity index (χ3v) is 8.54. The van der Waals surface area contributed by atoms with Gasteiger partial charge in [0.2, 0.25) is 0 Å². The first-order chi connectivity index (χ1) is 11.9. The first kappa shape index (κ1) is 18.8. The van der Waals surface area contributed by atoms with Crippen LogP contribution in [0.2, 0.25) is 0 Å². The summed E-state index contributed by atoms with van der Waals surface area (Å²) < 4.78 is 6.44. The fraction of sp³-hybridized carbons (Fsp3) is 0.958. The molecular formula is C24H40O2. The maximum Gasteiger partial charge on any atom is 0.310 e. The second kappa shape index (κ2) is 5.74. The van der Waals surface area contributed by atoms with E-state index in [2.05, 4.69) is 48.5 Å². The van der Waals surface area contributed by atoms with Crippen LogP contribution in [0.4, 0.5) is 0 Å². The summed E-state index contributed by atoms with van der Waals surface area (Å²) >= 11 is 0. The molecule has 0 radical (unpaired) electrons. The highest BCUT2D eigenvalue weighted by Gasteiger charge is 2.67. The number of ether oxygens (including phenoxy) is 1. The summed E-state index contributed by atoms with van der Waals surface area (Å²) in [5.74, 6) is 5.28. The van der Waals surface area contributed by atoms with Crippen molar-refractivity contribution in [2.24, 2.45) is 52.3 Å². The normalized spacial score (nSPS) is 45.0. The van der Waals surface area contributed by atoms with Crippen molar-refractivity contribution in [1.29, 1.82) is 0 Å². The molecule has 2 nitrogen and oxygen atoms in total. The molecule has 4 fully saturated rings. The van der Waals surface area contributed by atoms with Gasteiger partial charge < -0.3 is 4.74 Å². The highest BCUT2D eigenvalue weighted by molar-refractivity contribution is 5.74. The SMILES string of the molecule is CC(C)(C)CC(C(=O)OC1(C)CC2CC1C1C3CCC(C3)C21)C(C)(C)C. The highest BCUT2D eigenvalue weighted by Crippen LogP contribution is 2.70. The van der Waals surface area contributed by atoms with Gasteiger partial charge in [0.15, 0.2) is 0 Å². The summed E-state index contributed by atoms with van der Waals surface area (Å²) in [5.41, 5.74) is -0.107. The van der Waals surface area contributed by atoms with E-state index >= 15 is 0 Å². The predicted octanol–water partition coefficient (Wildman–Crippen LogP) is 6.09. The summed E-state index contributed by atoms with van der Waals surface area (Å²) in [7, 11) is 0. The Morgan fingerprint density at radius 1 is 1.00 bits per heavy atom. The van der Waals surface area contributed by atoms with Crippen LogP contribution < -0.4 is 0 Å². The lowest BCUT2D eigenvalue weighted by Crippen LogP contribution is -2.47. The Bertz CT molecular complexity index is 580. The highest BCUT2D eigenvalue weighted by atomic mass is 16.6. The van der Waals surface area contributed by atoms with Crippen molar-refractivity contribution < 1.29 is 9.53 Å². The second-order valence-electron chi connectivity index (χ2n) is 12.7. The number of esters is 1. The Labute approximate surface area is 160 Å². The molecule has 4 rings (SSSR count). The van der Waals surface area contributed by atoms with Gasteiger partial charge in [-0.3, -0.25) is 4.79 Å². The molecule has 0 saturated heterocycles. The van der Waals surface area contributed by atoms with Gasteiger partial charge in [-0.2, -0.15) is 0 Å². The molecule has 4 aliphatic rings. The summed E-state index contributed by atoms with van der Waals surface area (Å²) in [6, 6.07) is 0. The van der Waals surface area contributed by atoms with Gasteiger partial charge in [-0.1, -0.05) is 41.5 Å². The zero-order chi connectivity index (χ0) is 19.1. The molecule has 8 atom stereocenters. The van der Waals surface area contributed by atoms with Crippen molar-refractivity contribution in [2.45, 2.75) is 92.6 Å². The van der Waals surface area contributed by atoms with E-state index in [0.717, 1.165) is 42.4 Å².